The van der Waals surface area contributed by atoms with Crippen LogP contribution in [0.4, 0.5) is 0 Å². The topological polar surface area (TPSA) is 54.4 Å². The van der Waals surface area contributed by atoms with Gasteiger partial charge >= 0.3 is 0 Å². The summed E-state index contributed by atoms with van der Waals surface area (Å²) in [5.74, 6) is -0.290. The summed E-state index contributed by atoms with van der Waals surface area (Å²) in [7, 11) is 0. The Balaban J connectivity index is 1.60. The summed E-state index contributed by atoms with van der Waals surface area (Å²) in [5, 5.41) is 4.87. The summed E-state index contributed by atoms with van der Waals surface area (Å²) < 4.78 is 0.749. The van der Waals surface area contributed by atoms with Gasteiger partial charge in [0.1, 0.15) is 0 Å². The molecule has 1 aromatic heterocycles. The molecule has 0 radical (unpaired) electrons. The van der Waals surface area contributed by atoms with Crippen molar-refractivity contribution in [2.24, 2.45) is 5.10 Å². The van der Waals surface area contributed by atoms with Crippen LogP contribution in [0.15, 0.2) is 101 Å². The molecule has 0 fully saturated rings. The van der Waals surface area contributed by atoms with Crippen molar-refractivity contribution in [3.05, 3.63) is 107 Å². The van der Waals surface area contributed by atoms with Gasteiger partial charge in [-0.2, -0.15) is 5.10 Å². The maximum absolute atomic E-state index is 12.9. The molecule has 0 saturated heterocycles. The highest BCUT2D eigenvalue weighted by Gasteiger charge is 2.13. The highest BCUT2D eigenvalue weighted by molar-refractivity contribution is 9.12. The number of aromatic nitrogens is 1. The lowest BCUT2D eigenvalue weighted by molar-refractivity contribution is 0.0957. The molecule has 1 N–H and O–H groups in total. The molecule has 146 valence electrons. The number of carbonyl (C=O) groups is 1. The van der Waals surface area contributed by atoms with Crippen molar-refractivity contribution in [3.8, 4) is 11.3 Å². The third-order valence-corrected chi connectivity index (χ3v) is 4.92. The Labute approximate surface area is 183 Å². The van der Waals surface area contributed by atoms with Crippen LogP contribution in [0.2, 0.25) is 0 Å². The number of carbonyl (C=O) groups excluding carboxylic acids is 1. The molecule has 4 aromatic rings. The molecule has 0 unspecified atom stereocenters. The summed E-state index contributed by atoms with van der Waals surface area (Å²) in [6, 6.07) is 29.1. The van der Waals surface area contributed by atoms with Gasteiger partial charge in [0, 0.05) is 15.4 Å². The first-order chi connectivity index (χ1) is 14.7. The number of hydrazone groups is 1. The Kier molecular flexibility index (Phi) is 6.11. The number of para-hydroxylation sites is 1. The van der Waals surface area contributed by atoms with E-state index in [9.17, 15) is 4.79 Å². The third kappa shape index (κ3) is 4.70. The molecular formula is C25H18BrN3O. The molecule has 5 heteroatoms. The molecule has 0 bridgehead atoms. The standard InChI is InChI=1S/C25H18BrN3O/c26-20(15-18-9-3-1-4-10-18)17-27-29-25(30)22-16-24(19-11-5-2-6-12-19)28-23-14-8-7-13-21(22)23/h1-17H,(H,29,30). The third-order valence-electron chi connectivity index (χ3n) is 4.49. The summed E-state index contributed by atoms with van der Waals surface area (Å²) in [5.41, 5.74) is 6.64. The van der Waals surface area contributed by atoms with E-state index in [0.29, 0.717) is 5.56 Å². The van der Waals surface area contributed by atoms with Gasteiger partial charge in [-0.05, 0) is 39.7 Å². The van der Waals surface area contributed by atoms with Crippen molar-refractivity contribution in [1.82, 2.24) is 10.4 Å². The predicted octanol–water partition coefficient (Wildman–Crippen LogP) is 6.05. The fourth-order valence-electron chi connectivity index (χ4n) is 3.08. The Morgan fingerprint density at radius 2 is 1.57 bits per heavy atom. The number of pyridine rings is 1. The van der Waals surface area contributed by atoms with Crippen molar-refractivity contribution in [2.75, 3.05) is 0 Å². The van der Waals surface area contributed by atoms with E-state index in [2.05, 4.69) is 26.5 Å². The quantitative estimate of drug-likeness (QED) is 0.294. The van der Waals surface area contributed by atoms with Crippen LogP contribution in [0.5, 0.6) is 0 Å². The first-order valence-electron chi connectivity index (χ1n) is 9.41. The molecule has 30 heavy (non-hydrogen) atoms. The Hall–Kier alpha value is -3.57. The maximum Gasteiger partial charge on any atom is 0.272 e. The Morgan fingerprint density at radius 3 is 2.33 bits per heavy atom. The van der Waals surface area contributed by atoms with Gasteiger partial charge in [0.2, 0.25) is 0 Å². The lowest BCUT2D eigenvalue weighted by Crippen LogP contribution is -2.18. The minimum absolute atomic E-state index is 0.290. The zero-order chi connectivity index (χ0) is 20.8. The summed E-state index contributed by atoms with van der Waals surface area (Å²) >= 11 is 3.45. The van der Waals surface area contributed by atoms with Gasteiger partial charge in [-0.1, -0.05) is 78.9 Å². The van der Waals surface area contributed by atoms with Gasteiger partial charge in [0.25, 0.3) is 5.91 Å². The van der Waals surface area contributed by atoms with Crippen LogP contribution in [-0.2, 0) is 0 Å². The SMILES string of the molecule is O=C(NN=CC(Br)=Cc1ccccc1)c1cc(-c2ccccc2)nc2ccccc12. The number of benzene rings is 3. The largest absolute Gasteiger partial charge is 0.272 e. The van der Waals surface area contributed by atoms with Gasteiger partial charge in [0.15, 0.2) is 0 Å². The number of allylic oxidation sites excluding steroid dienone is 1. The summed E-state index contributed by atoms with van der Waals surface area (Å²) in [4.78, 5) is 17.6. The highest BCUT2D eigenvalue weighted by atomic mass is 79.9. The van der Waals surface area contributed by atoms with Crippen LogP contribution >= 0.6 is 15.9 Å². The minimum atomic E-state index is -0.290. The van der Waals surface area contributed by atoms with Crippen LogP contribution < -0.4 is 5.43 Å². The zero-order valence-electron chi connectivity index (χ0n) is 16.0. The number of halogens is 1. The van der Waals surface area contributed by atoms with E-state index < -0.39 is 0 Å². The molecule has 0 aliphatic carbocycles. The van der Waals surface area contributed by atoms with E-state index >= 15 is 0 Å². The van der Waals surface area contributed by atoms with Gasteiger partial charge < -0.3 is 0 Å². The first-order valence-corrected chi connectivity index (χ1v) is 10.2. The van der Waals surface area contributed by atoms with Crippen molar-refractivity contribution < 1.29 is 4.79 Å². The fraction of sp³-hybridized carbons (Fsp3) is 0. The molecule has 0 saturated carbocycles. The summed E-state index contributed by atoms with van der Waals surface area (Å²) in [6.07, 6.45) is 3.48. The van der Waals surface area contributed by atoms with Crippen molar-refractivity contribution in [2.45, 2.75) is 0 Å². The number of hydrogen-bond donors (Lipinski definition) is 1. The van der Waals surface area contributed by atoms with E-state index in [0.717, 1.165) is 32.2 Å². The average Bonchev–Trinajstić information content (AvgIpc) is 2.79. The number of hydrogen-bond acceptors (Lipinski definition) is 3. The number of nitrogens with zero attached hydrogens (tertiary/aromatic N) is 2. The van der Waals surface area contributed by atoms with E-state index in [1.54, 1.807) is 12.3 Å². The van der Waals surface area contributed by atoms with Crippen LogP contribution in [0.1, 0.15) is 15.9 Å². The molecule has 0 spiro atoms. The van der Waals surface area contributed by atoms with E-state index in [1.807, 2.05) is 91.0 Å². The molecule has 0 atom stereocenters. The first kappa shape index (κ1) is 19.7. The molecule has 0 aliphatic rings. The van der Waals surface area contributed by atoms with E-state index in [1.165, 1.54) is 0 Å². The highest BCUT2D eigenvalue weighted by Crippen LogP contribution is 2.24. The molecular weight excluding hydrogens is 438 g/mol. The predicted molar refractivity (Wildman–Crippen MR) is 126 cm³/mol. The average molecular weight is 456 g/mol. The maximum atomic E-state index is 12.9. The fourth-order valence-corrected chi connectivity index (χ4v) is 3.45. The Bertz CT molecular complexity index is 1240. The van der Waals surface area contributed by atoms with Gasteiger partial charge in [-0.15, -0.1) is 0 Å². The minimum Gasteiger partial charge on any atom is -0.267 e. The second-order valence-corrected chi connectivity index (χ2v) is 7.49. The second kappa shape index (κ2) is 9.29. The molecule has 4 nitrogen and oxygen atoms in total. The molecule has 0 aliphatic heterocycles. The van der Waals surface area contributed by atoms with Crippen LogP contribution in [-0.4, -0.2) is 17.1 Å². The number of amides is 1. The van der Waals surface area contributed by atoms with Crippen LogP contribution in [0.25, 0.3) is 28.2 Å². The van der Waals surface area contributed by atoms with Crippen molar-refractivity contribution in [1.29, 1.82) is 0 Å². The normalized spacial score (nSPS) is 11.7. The molecule has 4 rings (SSSR count). The molecule has 1 amide bonds. The zero-order valence-corrected chi connectivity index (χ0v) is 17.6. The van der Waals surface area contributed by atoms with Crippen molar-refractivity contribution in [3.63, 3.8) is 0 Å². The van der Waals surface area contributed by atoms with E-state index in [4.69, 9.17) is 4.98 Å². The lowest BCUT2D eigenvalue weighted by atomic mass is 10.0. The molecule has 3 aromatic carbocycles. The van der Waals surface area contributed by atoms with Crippen LogP contribution in [0.3, 0.4) is 0 Å². The van der Waals surface area contributed by atoms with Gasteiger partial charge in [0.05, 0.1) is 23.0 Å². The van der Waals surface area contributed by atoms with Gasteiger partial charge in [-0.25, -0.2) is 10.4 Å². The lowest BCUT2D eigenvalue weighted by Gasteiger charge is -2.09. The van der Waals surface area contributed by atoms with Gasteiger partial charge in [-0.3, -0.25) is 4.79 Å². The summed E-state index contributed by atoms with van der Waals surface area (Å²) in [6.45, 7) is 0. The number of nitrogens with one attached hydrogen (secondary N) is 1. The smallest absolute Gasteiger partial charge is 0.267 e. The second-order valence-electron chi connectivity index (χ2n) is 6.58. The van der Waals surface area contributed by atoms with Crippen molar-refractivity contribution >= 4 is 45.0 Å². The number of fused-ring (bicyclic) bond motifs is 1. The monoisotopic (exact) mass is 455 g/mol. The van der Waals surface area contributed by atoms with Crippen LogP contribution in [0, 0.1) is 0 Å². The Morgan fingerprint density at radius 1 is 0.900 bits per heavy atom. The van der Waals surface area contributed by atoms with E-state index in [-0.39, 0.29) is 5.91 Å². The molecule has 1 heterocycles. The number of rotatable bonds is 5.